The maximum atomic E-state index is 12.9. The fourth-order valence-corrected chi connectivity index (χ4v) is 3.14. The topological polar surface area (TPSA) is 84.3 Å². The van der Waals surface area contributed by atoms with Gasteiger partial charge >= 0.3 is 0 Å². The van der Waals surface area contributed by atoms with E-state index in [4.69, 9.17) is 4.74 Å². The van der Waals surface area contributed by atoms with E-state index in [1.54, 1.807) is 36.8 Å². The molecule has 0 saturated carbocycles. The SMILES string of the molecule is O=c1c(-c2ccccc2)cnc2cc(Nc3ccc(Oc4ccncc4)cc3)[nH]n12. The van der Waals surface area contributed by atoms with Gasteiger partial charge in [-0.05, 0) is 42.0 Å². The van der Waals surface area contributed by atoms with E-state index in [1.165, 1.54) is 4.52 Å². The minimum absolute atomic E-state index is 0.152. The van der Waals surface area contributed by atoms with E-state index in [0.29, 0.717) is 22.8 Å². The lowest BCUT2D eigenvalue weighted by atomic mass is 10.1. The molecule has 0 aliphatic rings. The van der Waals surface area contributed by atoms with Crippen molar-refractivity contribution in [3.63, 3.8) is 0 Å². The third-order valence-electron chi connectivity index (χ3n) is 4.60. The van der Waals surface area contributed by atoms with E-state index in [0.717, 1.165) is 17.0 Å². The van der Waals surface area contributed by atoms with Crippen molar-refractivity contribution in [2.45, 2.75) is 0 Å². The molecule has 0 radical (unpaired) electrons. The Balaban J connectivity index is 1.38. The number of pyridine rings is 1. The monoisotopic (exact) mass is 395 g/mol. The van der Waals surface area contributed by atoms with Gasteiger partial charge in [0.15, 0.2) is 5.65 Å². The van der Waals surface area contributed by atoms with Crippen molar-refractivity contribution in [2.24, 2.45) is 0 Å². The quantitative estimate of drug-likeness (QED) is 0.454. The van der Waals surface area contributed by atoms with Gasteiger partial charge in [0.2, 0.25) is 0 Å². The lowest BCUT2D eigenvalue weighted by Crippen LogP contribution is -2.16. The van der Waals surface area contributed by atoms with Gasteiger partial charge in [-0.2, -0.15) is 4.52 Å². The molecule has 2 aromatic carbocycles. The van der Waals surface area contributed by atoms with Crippen LogP contribution in [0.25, 0.3) is 16.8 Å². The normalized spacial score (nSPS) is 10.8. The van der Waals surface area contributed by atoms with E-state index in [2.05, 4.69) is 20.4 Å². The smallest absolute Gasteiger partial charge is 0.280 e. The number of aromatic amines is 1. The Morgan fingerprint density at radius 3 is 2.40 bits per heavy atom. The molecule has 3 aromatic heterocycles. The van der Waals surface area contributed by atoms with Crippen LogP contribution >= 0.6 is 0 Å². The summed E-state index contributed by atoms with van der Waals surface area (Å²) >= 11 is 0. The number of H-pyrrole nitrogens is 1. The molecule has 146 valence electrons. The number of ether oxygens (including phenoxy) is 1. The first-order chi connectivity index (χ1) is 14.8. The third-order valence-corrected chi connectivity index (χ3v) is 4.60. The largest absolute Gasteiger partial charge is 0.457 e. The molecule has 0 spiro atoms. The van der Waals surface area contributed by atoms with Crippen molar-refractivity contribution in [1.29, 1.82) is 0 Å². The molecule has 30 heavy (non-hydrogen) atoms. The summed E-state index contributed by atoms with van der Waals surface area (Å²) < 4.78 is 7.21. The molecule has 7 nitrogen and oxygen atoms in total. The van der Waals surface area contributed by atoms with Crippen LogP contribution < -0.4 is 15.6 Å². The highest BCUT2D eigenvalue weighted by Gasteiger charge is 2.10. The Bertz CT molecular complexity index is 1340. The number of benzene rings is 2. The van der Waals surface area contributed by atoms with Crippen LogP contribution in [-0.4, -0.2) is 19.6 Å². The van der Waals surface area contributed by atoms with E-state index in [-0.39, 0.29) is 5.56 Å². The lowest BCUT2D eigenvalue weighted by molar-refractivity contribution is 0.482. The molecular weight excluding hydrogens is 378 g/mol. The highest BCUT2D eigenvalue weighted by molar-refractivity contribution is 5.65. The molecule has 0 aliphatic carbocycles. The number of anilines is 2. The summed E-state index contributed by atoms with van der Waals surface area (Å²) in [6, 6.07) is 22.4. The lowest BCUT2D eigenvalue weighted by Gasteiger charge is -2.07. The van der Waals surface area contributed by atoms with Crippen molar-refractivity contribution < 1.29 is 4.74 Å². The molecule has 0 atom stereocenters. The summed E-state index contributed by atoms with van der Waals surface area (Å²) in [5.74, 6) is 2.10. The molecule has 0 unspecified atom stereocenters. The van der Waals surface area contributed by atoms with Crippen LogP contribution in [0.2, 0.25) is 0 Å². The number of aromatic nitrogens is 4. The van der Waals surface area contributed by atoms with E-state index in [9.17, 15) is 4.79 Å². The van der Waals surface area contributed by atoms with Crippen molar-refractivity contribution in [1.82, 2.24) is 19.6 Å². The highest BCUT2D eigenvalue weighted by Crippen LogP contribution is 2.24. The van der Waals surface area contributed by atoms with Gasteiger partial charge in [0, 0.05) is 30.3 Å². The van der Waals surface area contributed by atoms with Gasteiger partial charge in [-0.1, -0.05) is 30.3 Å². The maximum Gasteiger partial charge on any atom is 0.280 e. The highest BCUT2D eigenvalue weighted by atomic mass is 16.5. The fraction of sp³-hybridized carbons (Fsp3) is 0. The van der Waals surface area contributed by atoms with Crippen molar-refractivity contribution in [3.05, 3.63) is 102 Å². The van der Waals surface area contributed by atoms with Crippen LogP contribution in [-0.2, 0) is 0 Å². The molecule has 0 bridgehead atoms. The summed E-state index contributed by atoms with van der Waals surface area (Å²) in [4.78, 5) is 21.2. The maximum absolute atomic E-state index is 12.9. The van der Waals surface area contributed by atoms with Gasteiger partial charge < -0.3 is 10.1 Å². The summed E-state index contributed by atoms with van der Waals surface area (Å²) in [7, 11) is 0. The van der Waals surface area contributed by atoms with Crippen molar-refractivity contribution >= 4 is 17.2 Å². The summed E-state index contributed by atoms with van der Waals surface area (Å²) in [6.07, 6.45) is 4.97. The third kappa shape index (κ3) is 3.51. The number of nitrogens with one attached hydrogen (secondary N) is 2. The zero-order valence-corrected chi connectivity index (χ0v) is 15.8. The Labute approximate surface area is 171 Å². The average molecular weight is 395 g/mol. The number of nitrogens with zero attached hydrogens (tertiary/aromatic N) is 3. The predicted molar refractivity (Wildman–Crippen MR) is 115 cm³/mol. The van der Waals surface area contributed by atoms with Gasteiger partial charge in [-0.25, -0.2) is 4.98 Å². The second kappa shape index (κ2) is 7.56. The summed E-state index contributed by atoms with van der Waals surface area (Å²) in [5, 5.41) is 6.32. The van der Waals surface area contributed by atoms with Crippen LogP contribution in [0.3, 0.4) is 0 Å². The second-order valence-corrected chi connectivity index (χ2v) is 6.64. The Morgan fingerprint density at radius 1 is 0.900 bits per heavy atom. The van der Waals surface area contributed by atoms with Crippen LogP contribution in [0, 0.1) is 0 Å². The summed E-state index contributed by atoms with van der Waals surface area (Å²) in [5.41, 5.74) is 2.61. The first-order valence-corrected chi connectivity index (χ1v) is 9.37. The number of hydrogen-bond donors (Lipinski definition) is 2. The second-order valence-electron chi connectivity index (χ2n) is 6.64. The average Bonchev–Trinajstić information content (AvgIpc) is 3.20. The molecule has 2 N–H and O–H groups in total. The molecule has 0 fully saturated rings. The number of hydrogen-bond acceptors (Lipinski definition) is 5. The first-order valence-electron chi connectivity index (χ1n) is 9.37. The van der Waals surface area contributed by atoms with Gasteiger partial charge in [0.05, 0.1) is 5.56 Å². The minimum atomic E-state index is -0.152. The van der Waals surface area contributed by atoms with E-state index in [1.807, 2.05) is 54.6 Å². The van der Waals surface area contributed by atoms with Crippen LogP contribution in [0.15, 0.2) is 96.2 Å². The molecule has 7 heteroatoms. The van der Waals surface area contributed by atoms with Gasteiger partial charge in [0.25, 0.3) is 5.56 Å². The number of rotatable bonds is 5. The van der Waals surface area contributed by atoms with Crippen molar-refractivity contribution in [3.8, 4) is 22.6 Å². The fourth-order valence-electron chi connectivity index (χ4n) is 3.14. The Morgan fingerprint density at radius 2 is 1.63 bits per heavy atom. The van der Waals surface area contributed by atoms with Crippen LogP contribution in [0.4, 0.5) is 11.5 Å². The Hall–Kier alpha value is -4.39. The molecule has 0 aliphatic heterocycles. The molecule has 3 heterocycles. The molecular formula is C23H17N5O2. The first kappa shape index (κ1) is 17.7. The van der Waals surface area contributed by atoms with Crippen LogP contribution in [0.1, 0.15) is 0 Å². The Kier molecular flexibility index (Phi) is 4.46. The molecule has 5 rings (SSSR count). The molecule has 0 amide bonds. The van der Waals surface area contributed by atoms with Gasteiger partial charge in [0.1, 0.15) is 17.3 Å². The van der Waals surface area contributed by atoms with Crippen molar-refractivity contribution in [2.75, 3.05) is 5.32 Å². The molecule has 0 saturated heterocycles. The van der Waals surface area contributed by atoms with Gasteiger partial charge in [-0.3, -0.25) is 14.9 Å². The van der Waals surface area contributed by atoms with Gasteiger partial charge in [-0.15, -0.1) is 0 Å². The molecule has 5 aromatic rings. The predicted octanol–water partition coefficient (Wildman–Crippen LogP) is 4.62. The zero-order chi connectivity index (χ0) is 20.3. The van der Waals surface area contributed by atoms with E-state index >= 15 is 0 Å². The zero-order valence-electron chi connectivity index (χ0n) is 15.8. The number of fused-ring (bicyclic) bond motifs is 1. The summed E-state index contributed by atoms with van der Waals surface area (Å²) in [6.45, 7) is 0. The van der Waals surface area contributed by atoms with E-state index < -0.39 is 0 Å². The standard InChI is InChI=1S/C23H17N5O2/c29-23-20(16-4-2-1-3-5-16)15-25-22-14-21(27-28(22)23)26-17-6-8-18(9-7-17)30-19-10-12-24-13-11-19/h1-15,26-27H. The minimum Gasteiger partial charge on any atom is -0.457 e. The van der Waals surface area contributed by atoms with Crippen LogP contribution in [0.5, 0.6) is 11.5 Å².